The molecule has 0 atom stereocenters. The van der Waals surface area contributed by atoms with Crippen LogP contribution in [0.1, 0.15) is 49.5 Å². The van der Waals surface area contributed by atoms with Crippen LogP contribution in [0.25, 0.3) is 0 Å². The van der Waals surface area contributed by atoms with Crippen LogP contribution in [0.4, 0.5) is 5.69 Å². The molecule has 0 spiro atoms. The van der Waals surface area contributed by atoms with Crippen molar-refractivity contribution >= 4 is 23.4 Å². The molecule has 0 aliphatic rings. The summed E-state index contributed by atoms with van der Waals surface area (Å²) >= 11 is 0. The van der Waals surface area contributed by atoms with Gasteiger partial charge in [-0.3, -0.25) is 14.4 Å². The van der Waals surface area contributed by atoms with Gasteiger partial charge in [0.1, 0.15) is 12.3 Å². The summed E-state index contributed by atoms with van der Waals surface area (Å²) in [5.41, 5.74) is 2.03. The van der Waals surface area contributed by atoms with Gasteiger partial charge in [-0.2, -0.15) is 0 Å². The maximum absolute atomic E-state index is 13.0. The van der Waals surface area contributed by atoms with Gasteiger partial charge in [0.2, 0.25) is 11.8 Å². The molecule has 0 bridgehead atoms. The number of nitrogens with zero attached hydrogens (tertiary/aromatic N) is 1. The molecule has 0 aliphatic carbocycles. The molecule has 172 valence electrons. The highest BCUT2D eigenvalue weighted by atomic mass is 16.5. The monoisotopic (exact) mass is 439 g/mol. The quantitative estimate of drug-likeness (QED) is 0.587. The Hall–Kier alpha value is -3.35. The van der Waals surface area contributed by atoms with Gasteiger partial charge in [-0.25, -0.2) is 0 Å². The number of carbonyl (C=O) groups excluding carboxylic acids is 3. The van der Waals surface area contributed by atoms with Crippen LogP contribution in [0, 0.1) is 0 Å². The molecular weight excluding hydrogens is 406 g/mol. The lowest BCUT2D eigenvalue weighted by Crippen LogP contribution is -2.41. The van der Waals surface area contributed by atoms with Gasteiger partial charge in [0.15, 0.2) is 0 Å². The molecule has 0 unspecified atom stereocenters. The number of hydrogen-bond acceptors (Lipinski definition) is 4. The molecule has 2 aromatic rings. The first-order valence-corrected chi connectivity index (χ1v) is 10.7. The van der Waals surface area contributed by atoms with E-state index in [9.17, 15) is 14.4 Å². The second kappa shape index (κ2) is 11.3. The van der Waals surface area contributed by atoms with Gasteiger partial charge in [-0.15, -0.1) is 0 Å². The zero-order valence-electron chi connectivity index (χ0n) is 19.5. The maximum atomic E-state index is 13.0. The summed E-state index contributed by atoms with van der Waals surface area (Å²) in [6.07, 6.45) is 0.658. The second-order valence-electron chi connectivity index (χ2n) is 8.48. The summed E-state index contributed by atoms with van der Waals surface area (Å²) in [6, 6.07) is 14.7. The van der Waals surface area contributed by atoms with Crippen LogP contribution < -0.4 is 20.3 Å². The zero-order chi connectivity index (χ0) is 23.7. The standard InChI is InChI=1S/C25H33N3O4/c1-25(2,3)18-12-14-19(15-13-18)32-16-8-11-23(30)28(17-22(29)26-4)21-10-7-6-9-20(21)24(31)27-5/h6-7,9-10,12-15H,8,11,16-17H2,1-5H3,(H,26,29)(H,27,31). The third kappa shape index (κ3) is 6.83. The van der Waals surface area contributed by atoms with E-state index in [1.807, 2.05) is 24.3 Å². The number of ether oxygens (including phenoxy) is 1. The molecule has 2 N–H and O–H groups in total. The van der Waals surface area contributed by atoms with E-state index in [0.717, 1.165) is 5.75 Å². The number of hydrogen-bond donors (Lipinski definition) is 2. The Morgan fingerprint density at radius 2 is 1.59 bits per heavy atom. The van der Waals surface area contributed by atoms with Crippen LogP contribution in [-0.4, -0.2) is 45.0 Å². The van der Waals surface area contributed by atoms with Gasteiger partial charge in [0, 0.05) is 20.5 Å². The van der Waals surface area contributed by atoms with E-state index in [-0.39, 0.29) is 36.1 Å². The molecule has 0 saturated heterocycles. The molecule has 0 fully saturated rings. The van der Waals surface area contributed by atoms with Crippen molar-refractivity contribution in [2.75, 3.05) is 32.1 Å². The van der Waals surface area contributed by atoms with Crippen molar-refractivity contribution in [2.45, 2.75) is 39.0 Å². The molecule has 7 heteroatoms. The lowest BCUT2D eigenvalue weighted by atomic mass is 9.87. The minimum atomic E-state index is -0.322. The normalized spacial score (nSPS) is 10.9. The topological polar surface area (TPSA) is 87.7 Å². The highest BCUT2D eigenvalue weighted by molar-refractivity contribution is 6.06. The van der Waals surface area contributed by atoms with Crippen molar-refractivity contribution < 1.29 is 19.1 Å². The lowest BCUT2D eigenvalue weighted by molar-refractivity contribution is -0.123. The summed E-state index contributed by atoms with van der Waals surface area (Å²) in [7, 11) is 3.03. The summed E-state index contributed by atoms with van der Waals surface area (Å²) in [5, 5.41) is 5.10. The van der Waals surface area contributed by atoms with Gasteiger partial charge in [0.25, 0.3) is 5.91 Å². The van der Waals surface area contributed by atoms with Crippen molar-refractivity contribution in [1.29, 1.82) is 0 Å². The number of benzene rings is 2. The average Bonchev–Trinajstić information content (AvgIpc) is 2.79. The van der Waals surface area contributed by atoms with E-state index in [1.54, 1.807) is 24.3 Å². The number of likely N-dealkylation sites (N-methyl/N-ethyl adjacent to an activating group) is 1. The van der Waals surface area contributed by atoms with E-state index in [4.69, 9.17) is 4.74 Å². The molecule has 0 saturated carbocycles. The Kier molecular flexibility index (Phi) is 8.81. The average molecular weight is 440 g/mol. The molecule has 7 nitrogen and oxygen atoms in total. The van der Waals surface area contributed by atoms with E-state index in [0.29, 0.717) is 24.3 Å². The fourth-order valence-corrected chi connectivity index (χ4v) is 3.17. The predicted octanol–water partition coefficient (Wildman–Crippen LogP) is 3.28. The summed E-state index contributed by atoms with van der Waals surface area (Å²) in [6.45, 7) is 6.66. The first-order valence-electron chi connectivity index (χ1n) is 10.7. The molecule has 0 aromatic heterocycles. The third-order valence-electron chi connectivity index (χ3n) is 5.07. The summed E-state index contributed by atoms with van der Waals surface area (Å²) in [5.74, 6) is -0.146. The van der Waals surface area contributed by atoms with Crippen molar-refractivity contribution in [3.05, 3.63) is 59.7 Å². The number of nitrogens with one attached hydrogen (secondary N) is 2. The second-order valence-corrected chi connectivity index (χ2v) is 8.48. The van der Waals surface area contributed by atoms with Crippen LogP contribution >= 0.6 is 0 Å². The number of anilines is 1. The number of carbonyl (C=O) groups is 3. The maximum Gasteiger partial charge on any atom is 0.253 e. The SMILES string of the molecule is CNC(=O)CN(C(=O)CCCOc1ccc(C(C)(C)C)cc1)c1ccccc1C(=O)NC. The number of para-hydroxylation sites is 1. The Labute approximate surface area is 190 Å². The van der Waals surface area contributed by atoms with Gasteiger partial charge < -0.3 is 20.3 Å². The van der Waals surface area contributed by atoms with Crippen LogP contribution in [0.3, 0.4) is 0 Å². The fourth-order valence-electron chi connectivity index (χ4n) is 3.17. The molecule has 2 rings (SSSR count). The Balaban J connectivity index is 2.04. The molecule has 0 heterocycles. The van der Waals surface area contributed by atoms with Crippen LogP contribution in [-0.2, 0) is 15.0 Å². The Morgan fingerprint density at radius 3 is 2.19 bits per heavy atom. The fraction of sp³-hybridized carbons (Fsp3) is 0.400. The van der Waals surface area contributed by atoms with Gasteiger partial charge in [-0.1, -0.05) is 45.0 Å². The number of rotatable bonds is 9. The van der Waals surface area contributed by atoms with Crippen LogP contribution in [0.5, 0.6) is 5.75 Å². The largest absolute Gasteiger partial charge is 0.494 e. The first-order chi connectivity index (χ1) is 15.2. The minimum Gasteiger partial charge on any atom is -0.494 e. The summed E-state index contributed by atoms with van der Waals surface area (Å²) in [4.78, 5) is 38.6. The molecule has 0 aliphatic heterocycles. The third-order valence-corrected chi connectivity index (χ3v) is 5.07. The molecule has 3 amide bonds. The molecule has 32 heavy (non-hydrogen) atoms. The van der Waals surface area contributed by atoms with Crippen molar-refractivity contribution in [1.82, 2.24) is 10.6 Å². The molecular formula is C25H33N3O4. The minimum absolute atomic E-state index is 0.0736. The van der Waals surface area contributed by atoms with Gasteiger partial charge in [-0.05, 0) is 41.7 Å². The van der Waals surface area contributed by atoms with E-state index in [2.05, 4.69) is 31.4 Å². The highest BCUT2D eigenvalue weighted by Crippen LogP contribution is 2.25. The molecule has 0 radical (unpaired) electrons. The predicted molar refractivity (Wildman–Crippen MR) is 126 cm³/mol. The molecule has 2 aromatic carbocycles. The number of amides is 3. The smallest absolute Gasteiger partial charge is 0.253 e. The Bertz CT molecular complexity index is 933. The Morgan fingerprint density at radius 1 is 0.938 bits per heavy atom. The van der Waals surface area contributed by atoms with E-state index >= 15 is 0 Å². The summed E-state index contributed by atoms with van der Waals surface area (Å²) < 4.78 is 5.78. The highest BCUT2D eigenvalue weighted by Gasteiger charge is 2.23. The first kappa shape index (κ1) is 24.9. The van der Waals surface area contributed by atoms with Gasteiger partial charge in [0.05, 0.1) is 17.9 Å². The van der Waals surface area contributed by atoms with Gasteiger partial charge >= 0.3 is 0 Å². The van der Waals surface area contributed by atoms with Crippen molar-refractivity contribution in [3.8, 4) is 5.75 Å². The zero-order valence-corrected chi connectivity index (χ0v) is 19.5. The van der Waals surface area contributed by atoms with Crippen LogP contribution in [0.15, 0.2) is 48.5 Å². The van der Waals surface area contributed by atoms with Crippen molar-refractivity contribution in [3.63, 3.8) is 0 Å². The van der Waals surface area contributed by atoms with Crippen LogP contribution in [0.2, 0.25) is 0 Å². The lowest BCUT2D eigenvalue weighted by Gasteiger charge is -2.24. The van der Waals surface area contributed by atoms with E-state index < -0.39 is 0 Å². The van der Waals surface area contributed by atoms with E-state index in [1.165, 1.54) is 24.6 Å². The van der Waals surface area contributed by atoms with Crippen molar-refractivity contribution in [2.24, 2.45) is 0 Å².